The van der Waals surface area contributed by atoms with Crippen molar-refractivity contribution in [2.45, 2.75) is 0 Å². The summed E-state index contributed by atoms with van der Waals surface area (Å²) >= 11 is 3.53. The Kier molecular flexibility index (Phi) is 2.11. The van der Waals surface area contributed by atoms with Gasteiger partial charge in [0.05, 0.1) is 0 Å². The molecule has 2 heterocycles. The molecule has 0 radical (unpaired) electrons. The molecule has 2 aromatic heterocycles. The molecule has 0 amide bonds. The van der Waals surface area contributed by atoms with Gasteiger partial charge < -0.3 is 0 Å². The van der Waals surface area contributed by atoms with Gasteiger partial charge in [-0.2, -0.15) is 0 Å². The van der Waals surface area contributed by atoms with Crippen molar-refractivity contribution in [3.8, 4) is 0 Å². The maximum atomic E-state index is 3.78. The summed E-state index contributed by atoms with van der Waals surface area (Å²) in [7, 11) is 7.55. The summed E-state index contributed by atoms with van der Waals surface area (Å²) in [5.74, 6) is 3.81. The number of hydrogen-bond donors (Lipinski definition) is 0. The van der Waals surface area contributed by atoms with Gasteiger partial charge in [0.2, 0.25) is 0 Å². The molecule has 0 N–H and O–H groups in total. The van der Waals surface area contributed by atoms with Crippen LogP contribution < -0.4 is 0 Å². The summed E-state index contributed by atoms with van der Waals surface area (Å²) in [4.78, 5) is 0. The summed E-state index contributed by atoms with van der Waals surface area (Å²) < 4.78 is 2.68. The SMILES string of the molecule is B=Cc1csc2c(C=B)csc12. The van der Waals surface area contributed by atoms with E-state index in [-0.39, 0.29) is 0 Å². The van der Waals surface area contributed by atoms with Crippen LogP contribution >= 0.6 is 22.7 Å². The van der Waals surface area contributed by atoms with Gasteiger partial charge in [-0.25, -0.2) is 0 Å². The van der Waals surface area contributed by atoms with E-state index in [4.69, 9.17) is 0 Å². The molecule has 0 unspecified atom stereocenters. The van der Waals surface area contributed by atoms with Crippen LogP contribution in [0.15, 0.2) is 10.8 Å². The van der Waals surface area contributed by atoms with E-state index in [9.17, 15) is 0 Å². The molecule has 2 aromatic rings. The van der Waals surface area contributed by atoms with E-state index in [0.29, 0.717) is 0 Å². The van der Waals surface area contributed by atoms with Gasteiger partial charge in [-0.3, -0.25) is 0 Å². The zero-order chi connectivity index (χ0) is 8.55. The molecule has 2 rings (SSSR count). The molecule has 0 spiro atoms. The molecule has 4 heteroatoms. The second-order valence-electron chi connectivity index (χ2n) is 2.45. The molecule has 0 saturated carbocycles. The van der Waals surface area contributed by atoms with Crippen molar-refractivity contribution in [2.24, 2.45) is 0 Å². The Morgan fingerprint density at radius 3 is 1.67 bits per heavy atom. The number of hydrogen-bond acceptors (Lipinski definition) is 2. The van der Waals surface area contributed by atoms with Crippen molar-refractivity contribution in [3.05, 3.63) is 21.9 Å². The van der Waals surface area contributed by atoms with Crippen molar-refractivity contribution in [1.82, 2.24) is 0 Å². The molecule has 12 heavy (non-hydrogen) atoms. The first kappa shape index (κ1) is 8.14. The third kappa shape index (κ3) is 1.06. The van der Waals surface area contributed by atoms with E-state index < -0.39 is 0 Å². The van der Waals surface area contributed by atoms with Gasteiger partial charge in [0.1, 0.15) is 0 Å². The number of fused-ring (bicyclic) bond motifs is 1. The summed E-state index contributed by atoms with van der Waals surface area (Å²) in [6.45, 7) is 0. The quantitative estimate of drug-likeness (QED) is 0.618. The van der Waals surface area contributed by atoms with Gasteiger partial charge in [-0.1, -0.05) is 0 Å². The summed E-state index contributed by atoms with van der Waals surface area (Å²) in [6, 6.07) is 0. The van der Waals surface area contributed by atoms with E-state index in [1.165, 1.54) is 20.5 Å². The Morgan fingerprint density at radius 2 is 1.33 bits per heavy atom. The van der Waals surface area contributed by atoms with Gasteiger partial charge >= 0.3 is 80.9 Å². The van der Waals surface area contributed by atoms with Gasteiger partial charge in [0, 0.05) is 0 Å². The third-order valence-corrected chi connectivity index (χ3v) is 4.00. The van der Waals surface area contributed by atoms with Crippen LogP contribution in [0.3, 0.4) is 0 Å². The topological polar surface area (TPSA) is 0 Å². The zero-order valence-electron chi connectivity index (χ0n) is 6.54. The fraction of sp³-hybridized carbons (Fsp3) is 0. The number of rotatable bonds is 2. The fourth-order valence-electron chi connectivity index (χ4n) is 1.14. The van der Waals surface area contributed by atoms with E-state index in [1.54, 1.807) is 22.7 Å². The predicted molar refractivity (Wildman–Crippen MR) is 64.3 cm³/mol. The second-order valence-corrected chi connectivity index (χ2v) is 4.21. The first-order valence-corrected chi connectivity index (χ1v) is 5.36. The minimum absolute atomic E-state index is 1.24. The van der Waals surface area contributed by atoms with Crippen molar-refractivity contribution in [1.29, 1.82) is 0 Å². The number of thiophene rings is 2. The van der Waals surface area contributed by atoms with Gasteiger partial charge in [0.15, 0.2) is 0 Å². The van der Waals surface area contributed by atoms with E-state index >= 15 is 0 Å². The van der Waals surface area contributed by atoms with Crippen molar-refractivity contribution in [3.63, 3.8) is 0 Å². The Hall–Kier alpha value is -0.470. The molecular weight excluding hydrogens is 182 g/mol. The Morgan fingerprint density at radius 1 is 0.917 bits per heavy atom. The molecule has 0 saturated heterocycles. The fourth-order valence-corrected chi connectivity index (χ4v) is 3.50. The second kappa shape index (κ2) is 3.11. The van der Waals surface area contributed by atoms with Gasteiger partial charge in [0.25, 0.3) is 0 Å². The van der Waals surface area contributed by atoms with Crippen LogP contribution in [-0.4, -0.2) is 26.9 Å². The molecule has 56 valence electrons. The van der Waals surface area contributed by atoms with Crippen LogP contribution in [-0.2, 0) is 0 Å². The minimum atomic E-state index is 1.24. The normalized spacial score (nSPS) is 10.2. The Balaban J connectivity index is 2.81. The molecule has 0 aliphatic carbocycles. The van der Waals surface area contributed by atoms with E-state index in [0.717, 1.165) is 0 Å². The molecule has 0 aromatic carbocycles. The summed E-state index contributed by atoms with van der Waals surface area (Å²) in [5, 5.41) is 4.28. The van der Waals surface area contributed by atoms with Crippen molar-refractivity contribution in [2.75, 3.05) is 0 Å². The molecular formula is C8H6B2S2. The molecule has 0 aliphatic rings. The Bertz CT molecular complexity index is 397. The van der Waals surface area contributed by atoms with Crippen LogP contribution in [0.2, 0.25) is 0 Å². The molecule has 0 nitrogen and oxygen atoms in total. The van der Waals surface area contributed by atoms with Crippen LogP contribution in [0.4, 0.5) is 0 Å². The monoisotopic (exact) mass is 188 g/mol. The first-order valence-electron chi connectivity index (χ1n) is 3.60. The molecule has 0 bridgehead atoms. The van der Waals surface area contributed by atoms with Crippen LogP contribution in [0.1, 0.15) is 11.1 Å². The maximum absolute atomic E-state index is 3.78. The van der Waals surface area contributed by atoms with Crippen LogP contribution in [0, 0.1) is 0 Å². The van der Waals surface area contributed by atoms with E-state index in [2.05, 4.69) is 25.7 Å². The summed E-state index contributed by atoms with van der Waals surface area (Å²) in [5.41, 5.74) is 2.49. The van der Waals surface area contributed by atoms with Gasteiger partial charge in [-0.05, 0) is 0 Å². The van der Waals surface area contributed by atoms with Crippen LogP contribution in [0.5, 0.6) is 0 Å². The standard InChI is InChI=1S/C8H6B2S2/c9-1-5-3-11-8-6(2-10)4-12-7(5)8/h1-4,9-10H. The predicted octanol–water partition coefficient (Wildman–Crippen LogP) is 1.06. The third-order valence-electron chi connectivity index (χ3n) is 1.78. The van der Waals surface area contributed by atoms with Crippen molar-refractivity contribution >= 4 is 59.0 Å². The average molecular weight is 188 g/mol. The molecule has 0 fully saturated rings. The Labute approximate surface area is 81.0 Å². The first-order chi connectivity index (χ1) is 5.86. The zero-order valence-corrected chi connectivity index (χ0v) is 8.17. The summed E-state index contributed by atoms with van der Waals surface area (Å²) in [6.07, 6.45) is 0. The van der Waals surface area contributed by atoms with Crippen molar-refractivity contribution < 1.29 is 0 Å². The molecule has 0 aliphatic heterocycles. The molecule has 0 atom stereocenters. The average Bonchev–Trinajstić information content (AvgIpc) is 2.62. The van der Waals surface area contributed by atoms with Gasteiger partial charge in [-0.15, -0.1) is 0 Å². The van der Waals surface area contributed by atoms with Crippen LogP contribution in [0.25, 0.3) is 9.40 Å². The van der Waals surface area contributed by atoms with E-state index in [1.807, 2.05) is 11.9 Å².